The van der Waals surface area contributed by atoms with Crippen LogP contribution in [0.15, 0.2) is 18.2 Å². The van der Waals surface area contributed by atoms with E-state index in [2.05, 4.69) is 5.32 Å². The van der Waals surface area contributed by atoms with Gasteiger partial charge in [-0.3, -0.25) is 4.79 Å². The SMILES string of the molecule is CCC(=O)N1CCC(Nc2ccc(C#N)cc2C(F)(F)F)C1. The fraction of sp³-hybridized carbons (Fsp3) is 0.467. The summed E-state index contributed by atoms with van der Waals surface area (Å²) in [4.78, 5) is 13.3. The van der Waals surface area contributed by atoms with Crippen LogP contribution in [0.1, 0.15) is 30.9 Å². The number of nitriles is 1. The minimum absolute atomic E-state index is 0.000160. The lowest BCUT2D eigenvalue weighted by atomic mass is 10.1. The number of anilines is 1. The Kier molecular flexibility index (Phi) is 4.59. The fourth-order valence-electron chi connectivity index (χ4n) is 2.52. The zero-order valence-electron chi connectivity index (χ0n) is 12.1. The van der Waals surface area contributed by atoms with Crippen LogP contribution >= 0.6 is 0 Å². The Balaban J connectivity index is 2.17. The first-order valence-electron chi connectivity index (χ1n) is 7.00. The summed E-state index contributed by atoms with van der Waals surface area (Å²) in [5.41, 5.74) is -0.943. The Morgan fingerprint density at radius 3 is 2.82 bits per heavy atom. The van der Waals surface area contributed by atoms with E-state index in [9.17, 15) is 18.0 Å². The minimum Gasteiger partial charge on any atom is -0.380 e. The number of alkyl halides is 3. The Hall–Kier alpha value is -2.23. The zero-order chi connectivity index (χ0) is 16.3. The third-order valence-electron chi connectivity index (χ3n) is 3.66. The van der Waals surface area contributed by atoms with Crippen molar-refractivity contribution in [1.82, 2.24) is 4.90 Å². The number of hydrogen-bond donors (Lipinski definition) is 1. The van der Waals surface area contributed by atoms with E-state index < -0.39 is 11.7 Å². The van der Waals surface area contributed by atoms with E-state index >= 15 is 0 Å². The summed E-state index contributed by atoms with van der Waals surface area (Å²) in [6, 6.07) is 4.95. The second-order valence-electron chi connectivity index (χ2n) is 5.19. The average molecular weight is 311 g/mol. The maximum atomic E-state index is 13.1. The van der Waals surface area contributed by atoms with Gasteiger partial charge in [-0.2, -0.15) is 18.4 Å². The number of halogens is 3. The first-order valence-corrected chi connectivity index (χ1v) is 7.00. The number of likely N-dealkylation sites (tertiary alicyclic amines) is 1. The van der Waals surface area contributed by atoms with Crippen LogP contribution in [0.2, 0.25) is 0 Å². The lowest BCUT2D eigenvalue weighted by Gasteiger charge is -2.20. The Labute approximate surface area is 126 Å². The molecule has 1 fully saturated rings. The molecule has 22 heavy (non-hydrogen) atoms. The summed E-state index contributed by atoms with van der Waals surface area (Å²) < 4.78 is 39.3. The van der Waals surface area contributed by atoms with Gasteiger partial charge in [-0.05, 0) is 24.6 Å². The maximum Gasteiger partial charge on any atom is 0.418 e. The van der Waals surface area contributed by atoms with Crippen molar-refractivity contribution in [2.45, 2.75) is 32.0 Å². The van der Waals surface area contributed by atoms with Crippen molar-refractivity contribution in [3.05, 3.63) is 29.3 Å². The van der Waals surface area contributed by atoms with Gasteiger partial charge < -0.3 is 10.2 Å². The molecule has 0 radical (unpaired) electrons. The minimum atomic E-state index is -4.53. The number of nitrogens with one attached hydrogen (secondary N) is 1. The molecule has 1 unspecified atom stereocenters. The van der Waals surface area contributed by atoms with E-state index in [4.69, 9.17) is 5.26 Å². The molecule has 1 N–H and O–H groups in total. The molecule has 1 aromatic carbocycles. The molecule has 0 saturated carbocycles. The van der Waals surface area contributed by atoms with Crippen molar-refractivity contribution in [3.8, 4) is 6.07 Å². The molecule has 4 nitrogen and oxygen atoms in total. The molecule has 118 valence electrons. The highest BCUT2D eigenvalue weighted by Crippen LogP contribution is 2.36. The van der Waals surface area contributed by atoms with E-state index in [0.29, 0.717) is 25.9 Å². The summed E-state index contributed by atoms with van der Waals surface area (Å²) in [6.45, 7) is 2.69. The summed E-state index contributed by atoms with van der Waals surface area (Å²) in [7, 11) is 0. The van der Waals surface area contributed by atoms with E-state index in [1.54, 1.807) is 17.9 Å². The molecule has 1 amide bonds. The molecule has 2 rings (SSSR count). The summed E-state index contributed by atoms with van der Waals surface area (Å²) >= 11 is 0. The predicted octanol–water partition coefficient (Wildman–Crippen LogP) is 3.00. The van der Waals surface area contributed by atoms with Gasteiger partial charge in [-0.25, -0.2) is 0 Å². The number of rotatable bonds is 3. The molecular formula is C15H16F3N3O. The quantitative estimate of drug-likeness (QED) is 0.933. The van der Waals surface area contributed by atoms with E-state index in [-0.39, 0.29) is 23.2 Å². The van der Waals surface area contributed by atoms with Gasteiger partial charge in [0.1, 0.15) is 0 Å². The zero-order valence-corrected chi connectivity index (χ0v) is 12.1. The molecule has 1 aliphatic heterocycles. The van der Waals surface area contributed by atoms with Crippen molar-refractivity contribution in [2.75, 3.05) is 18.4 Å². The van der Waals surface area contributed by atoms with Crippen LogP contribution < -0.4 is 5.32 Å². The van der Waals surface area contributed by atoms with Gasteiger partial charge >= 0.3 is 6.18 Å². The van der Waals surface area contributed by atoms with Gasteiger partial charge in [-0.1, -0.05) is 6.92 Å². The third kappa shape index (κ3) is 3.50. The molecular weight excluding hydrogens is 295 g/mol. The molecule has 7 heteroatoms. The molecule has 1 heterocycles. The highest BCUT2D eigenvalue weighted by Gasteiger charge is 2.35. The van der Waals surface area contributed by atoms with Crippen LogP contribution in [0.25, 0.3) is 0 Å². The highest BCUT2D eigenvalue weighted by atomic mass is 19.4. The number of carbonyl (C=O) groups is 1. The van der Waals surface area contributed by atoms with Crippen LogP contribution in [0.4, 0.5) is 18.9 Å². The predicted molar refractivity (Wildman–Crippen MR) is 75.1 cm³/mol. The number of carbonyl (C=O) groups excluding carboxylic acids is 1. The fourth-order valence-corrected chi connectivity index (χ4v) is 2.52. The lowest BCUT2D eigenvalue weighted by molar-refractivity contribution is -0.137. The van der Waals surface area contributed by atoms with Crippen molar-refractivity contribution < 1.29 is 18.0 Å². The lowest BCUT2D eigenvalue weighted by Crippen LogP contribution is -2.31. The van der Waals surface area contributed by atoms with Gasteiger partial charge in [0, 0.05) is 31.2 Å². The Morgan fingerprint density at radius 2 is 2.23 bits per heavy atom. The number of benzene rings is 1. The van der Waals surface area contributed by atoms with Crippen molar-refractivity contribution in [3.63, 3.8) is 0 Å². The van der Waals surface area contributed by atoms with Gasteiger partial charge in [0.25, 0.3) is 0 Å². The van der Waals surface area contributed by atoms with Crippen molar-refractivity contribution >= 4 is 11.6 Å². The number of amides is 1. The average Bonchev–Trinajstić information content (AvgIpc) is 2.94. The maximum absolute atomic E-state index is 13.1. The number of nitrogens with zero attached hydrogens (tertiary/aromatic N) is 2. The molecule has 0 aliphatic carbocycles. The van der Waals surface area contributed by atoms with Gasteiger partial charge in [0.05, 0.1) is 17.2 Å². The van der Waals surface area contributed by atoms with Crippen LogP contribution in [0.5, 0.6) is 0 Å². The van der Waals surface area contributed by atoms with Crippen LogP contribution in [0.3, 0.4) is 0 Å². The summed E-state index contributed by atoms with van der Waals surface area (Å²) in [5.74, 6) is 0.000160. The van der Waals surface area contributed by atoms with Gasteiger partial charge in [0.15, 0.2) is 0 Å². The smallest absolute Gasteiger partial charge is 0.380 e. The molecule has 1 aromatic rings. The van der Waals surface area contributed by atoms with Gasteiger partial charge in [-0.15, -0.1) is 0 Å². The molecule has 0 spiro atoms. The second kappa shape index (κ2) is 6.26. The van der Waals surface area contributed by atoms with E-state index in [1.165, 1.54) is 12.1 Å². The highest BCUT2D eigenvalue weighted by molar-refractivity contribution is 5.76. The molecule has 0 bridgehead atoms. The van der Waals surface area contributed by atoms with Crippen molar-refractivity contribution in [1.29, 1.82) is 5.26 Å². The Morgan fingerprint density at radius 1 is 1.50 bits per heavy atom. The Bertz CT molecular complexity index is 607. The summed E-state index contributed by atoms with van der Waals surface area (Å²) in [5, 5.41) is 11.6. The van der Waals surface area contributed by atoms with E-state index in [0.717, 1.165) is 6.07 Å². The number of hydrogen-bond acceptors (Lipinski definition) is 3. The largest absolute Gasteiger partial charge is 0.418 e. The topological polar surface area (TPSA) is 56.1 Å². The third-order valence-corrected chi connectivity index (χ3v) is 3.66. The standard InChI is InChI=1S/C15H16F3N3O/c1-2-14(22)21-6-5-11(9-21)20-13-4-3-10(8-19)7-12(13)15(16,17)18/h3-4,7,11,20H,2,5-6,9H2,1H3. The molecule has 0 aromatic heterocycles. The van der Waals surface area contributed by atoms with Crippen molar-refractivity contribution in [2.24, 2.45) is 0 Å². The molecule has 1 atom stereocenters. The normalized spacial score (nSPS) is 18.1. The monoisotopic (exact) mass is 311 g/mol. The summed E-state index contributed by atoms with van der Waals surface area (Å²) in [6.07, 6.45) is -3.55. The van der Waals surface area contributed by atoms with E-state index in [1.807, 2.05) is 0 Å². The van der Waals surface area contributed by atoms with Crippen LogP contribution in [-0.4, -0.2) is 29.9 Å². The first kappa shape index (κ1) is 16.1. The molecule has 1 saturated heterocycles. The van der Waals surface area contributed by atoms with Crippen LogP contribution in [-0.2, 0) is 11.0 Å². The first-order chi connectivity index (χ1) is 10.3. The van der Waals surface area contributed by atoms with Gasteiger partial charge in [0.2, 0.25) is 5.91 Å². The second-order valence-corrected chi connectivity index (χ2v) is 5.19. The van der Waals surface area contributed by atoms with Crippen LogP contribution in [0, 0.1) is 11.3 Å². The molecule has 1 aliphatic rings.